The van der Waals surface area contributed by atoms with E-state index in [9.17, 15) is 4.79 Å². The molecule has 7 nitrogen and oxygen atoms in total. The minimum Gasteiger partial charge on any atom is -0.458 e. The monoisotopic (exact) mass is 668 g/mol. The zero-order valence-corrected chi connectivity index (χ0v) is 29.7. The number of fused-ring (bicyclic) bond motifs is 3. The predicted octanol–water partition coefficient (Wildman–Crippen LogP) is 9.82. The first kappa shape index (κ1) is 34.8. The van der Waals surface area contributed by atoms with Crippen LogP contribution in [0.1, 0.15) is 82.3 Å². The van der Waals surface area contributed by atoms with Crippen LogP contribution in [0.3, 0.4) is 0 Å². The number of rotatable bonds is 16. The van der Waals surface area contributed by atoms with Gasteiger partial charge in [-0.3, -0.25) is 4.79 Å². The van der Waals surface area contributed by atoms with Crippen molar-refractivity contribution in [2.75, 3.05) is 11.9 Å². The Balaban J connectivity index is 1.54. The van der Waals surface area contributed by atoms with Crippen molar-refractivity contribution in [3.8, 4) is 0 Å². The lowest BCUT2D eigenvalue weighted by atomic mass is 9.77. The summed E-state index contributed by atoms with van der Waals surface area (Å²) in [6.45, 7) is 9.35. The second kappa shape index (κ2) is 15.7. The summed E-state index contributed by atoms with van der Waals surface area (Å²) in [6.07, 6.45) is 4.53. The molecule has 1 N–H and O–H groups in total. The maximum Gasteiger partial charge on any atom is 0.306 e. The Kier molecular flexibility index (Phi) is 10.9. The largest absolute Gasteiger partial charge is 0.458 e. The Morgan fingerprint density at radius 2 is 1.32 bits per heavy atom. The van der Waals surface area contributed by atoms with Crippen LogP contribution in [0, 0.1) is 0 Å². The molecule has 2 heterocycles. The lowest BCUT2D eigenvalue weighted by Crippen LogP contribution is -2.38. The predicted molar refractivity (Wildman–Crippen MR) is 202 cm³/mol. The average molecular weight is 669 g/mol. The molecule has 258 valence electrons. The minimum atomic E-state index is -0.803. The van der Waals surface area contributed by atoms with Crippen molar-refractivity contribution >= 4 is 33.7 Å². The van der Waals surface area contributed by atoms with Gasteiger partial charge in [0, 0.05) is 18.4 Å². The van der Waals surface area contributed by atoms with Gasteiger partial charge in [0.15, 0.2) is 5.82 Å². The Bertz CT molecular complexity index is 1910. The third kappa shape index (κ3) is 7.43. The van der Waals surface area contributed by atoms with Crippen LogP contribution >= 0.6 is 0 Å². The number of imidazole rings is 1. The molecule has 0 amide bonds. The average Bonchev–Trinajstić information content (AvgIpc) is 3.49. The second-order valence-electron chi connectivity index (χ2n) is 13.4. The van der Waals surface area contributed by atoms with Gasteiger partial charge in [0.05, 0.1) is 17.6 Å². The summed E-state index contributed by atoms with van der Waals surface area (Å²) in [5.41, 5.74) is 4.10. The summed E-state index contributed by atoms with van der Waals surface area (Å²) in [7, 11) is 0. The fourth-order valence-corrected chi connectivity index (χ4v) is 6.87. The lowest BCUT2D eigenvalue weighted by Gasteiger charge is -2.37. The molecular weight excluding hydrogens is 620 g/mol. The van der Waals surface area contributed by atoms with Crippen LogP contribution in [0.25, 0.3) is 21.9 Å². The van der Waals surface area contributed by atoms with Gasteiger partial charge in [-0.15, -0.1) is 0 Å². The summed E-state index contributed by atoms with van der Waals surface area (Å²) >= 11 is 0. The summed E-state index contributed by atoms with van der Waals surface area (Å²) in [6, 6.07) is 39.7. The van der Waals surface area contributed by atoms with Crippen molar-refractivity contribution < 1.29 is 14.3 Å². The highest BCUT2D eigenvalue weighted by atomic mass is 16.6. The van der Waals surface area contributed by atoms with E-state index in [-0.39, 0.29) is 5.97 Å². The highest BCUT2D eigenvalue weighted by Gasteiger charge is 2.38. The van der Waals surface area contributed by atoms with Crippen molar-refractivity contribution in [2.45, 2.75) is 84.1 Å². The topological polar surface area (TPSA) is 78.3 Å². The third-order valence-corrected chi connectivity index (χ3v) is 9.19. The molecule has 0 spiro atoms. The Morgan fingerprint density at radius 1 is 0.740 bits per heavy atom. The molecule has 0 unspecified atom stereocenters. The van der Waals surface area contributed by atoms with Crippen molar-refractivity contribution in [1.29, 1.82) is 0 Å². The fourth-order valence-electron chi connectivity index (χ4n) is 6.87. The number of carbonyl (C=O) groups excluding carboxylic acids is 1. The van der Waals surface area contributed by atoms with E-state index in [1.54, 1.807) is 0 Å². The van der Waals surface area contributed by atoms with Crippen molar-refractivity contribution in [3.05, 3.63) is 138 Å². The summed E-state index contributed by atoms with van der Waals surface area (Å²) in [4.78, 5) is 23.6. The molecule has 0 atom stereocenters. The number of hydrogen-bond acceptors (Lipinski definition) is 6. The van der Waals surface area contributed by atoms with Gasteiger partial charge in [-0.2, -0.15) is 0 Å². The van der Waals surface area contributed by atoms with Gasteiger partial charge in [-0.1, -0.05) is 135 Å². The van der Waals surface area contributed by atoms with Crippen LogP contribution in [-0.4, -0.2) is 32.7 Å². The molecule has 0 radical (unpaired) electrons. The number of pyridine rings is 1. The number of ether oxygens (including phenoxy) is 2. The molecular formula is C43H48N4O3. The molecule has 0 aliphatic carbocycles. The standard InChI is InChI=1S/C43H48N4O3/c1-5-7-8-18-29-38(48)50-42(3,4)31-47-37(30-49-6-2)45-39-40(47)35-27-19-20-28-36(35)44-41(39)46-43(32-21-12-9-13-22-32,33-23-14-10-15-24-33)34-25-16-11-17-26-34/h9-17,19-28H,5-8,18,29-31H2,1-4H3,(H,44,46). The number of anilines is 1. The van der Waals surface area contributed by atoms with E-state index in [1.165, 1.54) is 0 Å². The van der Waals surface area contributed by atoms with Gasteiger partial charge in [-0.25, -0.2) is 9.97 Å². The number of nitrogens with one attached hydrogen (secondary N) is 1. The SMILES string of the molecule is CCCCCCC(=O)OC(C)(C)Cn1c(COCC)nc2c(NC(c3ccccc3)(c3ccccc3)c3ccccc3)nc3ccccc3c21. The van der Waals surface area contributed by atoms with Crippen LogP contribution in [0.4, 0.5) is 5.82 Å². The molecule has 4 aromatic carbocycles. The summed E-state index contributed by atoms with van der Waals surface area (Å²) in [5.74, 6) is 1.23. The number of hydrogen-bond donors (Lipinski definition) is 1. The Labute approximate surface area is 295 Å². The van der Waals surface area contributed by atoms with Gasteiger partial charge in [-0.05, 0) is 49.9 Å². The molecule has 0 aliphatic rings. The van der Waals surface area contributed by atoms with E-state index >= 15 is 0 Å². The molecule has 50 heavy (non-hydrogen) atoms. The smallest absolute Gasteiger partial charge is 0.306 e. The number of para-hydroxylation sites is 1. The quantitative estimate of drug-likeness (QED) is 0.0629. The highest BCUT2D eigenvalue weighted by molar-refractivity contribution is 6.07. The fraction of sp³-hybridized carbons (Fsp3) is 0.326. The molecule has 0 saturated heterocycles. The van der Waals surface area contributed by atoms with E-state index in [4.69, 9.17) is 19.4 Å². The molecule has 0 bridgehead atoms. The lowest BCUT2D eigenvalue weighted by molar-refractivity contribution is -0.157. The van der Waals surface area contributed by atoms with Crippen LogP contribution < -0.4 is 5.32 Å². The molecule has 6 aromatic rings. The van der Waals surface area contributed by atoms with Gasteiger partial charge < -0.3 is 19.4 Å². The molecule has 0 saturated carbocycles. The van der Waals surface area contributed by atoms with Gasteiger partial charge in [0.2, 0.25) is 0 Å². The van der Waals surface area contributed by atoms with Gasteiger partial charge in [0.1, 0.15) is 29.1 Å². The zero-order valence-electron chi connectivity index (χ0n) is 29.7. The van der Waals surface area contributed by atoms with Crippen molar-refractivity contribution in [2.24, 2.45) is 0 Å². The van der Waals surface area contributed by atoms with E-state index in [0.29, 0.717) is 32.0 Å². The maximum absolute atomic E-state index is 13.0. The number of aromatic nitrogens is 3. The zero-order chi connectivity index (χ0) is 35.0. The van der Waals surface area contributed by atoms with Crippen LogP contribution in [0.2, 0.25) is 0 Å². The molecule has 6 rings (SSSR count). The number of unbranched alkanes of at least 4 members (excludes halogenated alkanes) is 3. The van der Waals surface area contributed by atoms with E-state index in [1.807, 2.05) is 57.2 Å². The van der Waals surface area contributed by atoms with Crippen LogP contribution in [0.5, 0.6) is 0 Å². The van der Waals surface area contributed by atoms with Crippen molar-refractivity contribution in [3.63, 3.8) is 0 Å². The second-order valence-corrected chi connectivity index (χ2v) is 13.4. The first-order valence-corrected chi connectivity index (χ1v) is 17.9. The Morgan fingerprint density at radius 3 is 1.90 bits per heavy atom. The maximum atomic E-state index is 13.0. The van der Waals surface area contributed by atoms with E-state index in [0.717, 1.165) is 70.1 Å². The minimum absolute atomic E-state index is 0.172. The highest BCUT2D eigenvalue weighted by Crippen LogP contribution is 2.42. The Hall–Kier alpha value is -5.01. The third-order valence-electron chi connectivity index (χ3n) is 9.19. The van der Waals surface area contributed by atoms with E-state index in [2.05, 4.69) is 95.7 Å². The number of benzene rings is 4. The van der Waals surface area contributed by atoms with Crippen LogP contribution in [-0.2, 0) is 33.0 Å². The first-order chi connectivity index (χ1) is 24.4. The summed E-state index contributed by atoms with van der Waals surface area (Å²) in [5, 5.41) is 4.96. The van der Waals surface area contributed by atoms with E-state index < -0.39 is 11.1 Å². The normalized spacial score (nSPS) is 12.0. The molecule has 0 aliphatic heterocycles. The van der Waals surface area contributed by atoms with Crippen LogP contribution in [0.15, 0.2) is 115 Å². The van der Waals surface area contributed by atoms with Gasteiger partial charge >= 0.3 is 5.97 Å². The number of esters is 1. The number of carbonyl (C=O) groups is 1. The van der Waals surface area contributed by atoms with Gasteiger partial charge in [0.25, 0.3) is 0 Å². The summed E-state index contributed by atoms with van der Waals surface area (Å²) < 4.78 is 14.3. The van der Waals surface area contributed by atoms with Crippen molar-refractivity contribution in [1.82, 2.24) is 14.5 Å². The number of nitrogens with zero attached hydrogens (tertiary/aromatic N) is 3. The molecule has 2 aromatic heterocycles. The molecule has 0 fully saturated rings. The first-order valence-electron chi connectivity index (χ1n) is 17.9. The molecule has 7 heteroatoms.